The van der Waals surface area contributed by atoms with Crippen LogP contribution in [-0.2, 0) is 9.53 Å². The first-order chi connectivity index (χ1) is 15.6. The first-order valence-corrected chi connectivity index (χ1v) is 11.2. The Morgan fingerprint density at radius 2 is 1.94 bits per heavy atom. The highest BCUT2D eigenvalue weighted by Gasteiger charge is 2.48. The second kappa shape index (κ2) is 7.79. The molecule has 2 aromatic rings. The lowest BCUT2D eigenvalue weighted by Crippen LogP contribution is -2.53. The minimum absolute atomic E-state index is 0.137. The number of hydrogen-bond acceptors (Lipinski definition) is 5. The van der Waals surface area contributed by atoms with E-state index in [0.717, 1.165) is 17.7 Å². The van der Waals surface area contributed by atoms with E-state index in [1.807, 2.05) is 36.0 Å². The van der Waals surface area contributed by atoms with E-state index in [4.69, 9.17) is 4.74 Å². The lowest BCUT2D eigenvalue weighted by atomic mass is 9.91. The summed E-state index contributed by atoms with van der Waals surface area (Å²) in [4.78, 5) is 28.4. The van der Waals surface area contributed by atoms with Crippen LogP contribution in [0, 0.1) is 0 Å². The molecule has 1 aliphatic carbocycles. The van der Waals surface area contributed by atoms with E-state index < -0.39 is 31.0 Å². The maximum Gasteiger partial charge on any atom is 0.414 e. The Hall–Kier alpha value is -3.01. The molecule has 3 atom stereocenters. The quantitative estimate of drug-likeness (QED) is 0.759. The number of carbonyl (C=O) groups is 2. The topological polar surface area (TPSA) is 79.7 Å². The summed E-state index contributed by atoms with van der Waals surface area (Å²) in [7, 11) is 0. The molecule has 2 aliphatic heterocycles. The Morgan fingerprint density at radius 1 is 1.18 bits per heavy atom. The van der Waals surface area contributed by atoms with Crippen molar-refractivity contribution >= 4 is 23.4 Å². The summed E-state index contributed by atoms with van der Waals surface area (Å²) >= 11 is 0. The Kier molecular flexibility index (Phi) is 5.15. The molecule has 2 fully saturated rings. The van der Waals surface area contributed by atoms with E-state index in [-0.39, 0.29) is 24.5 Å². The molecule has 0 radical (unpaired) electrons. The highest BCUT2D eigenvalue weighted by Crippen LogP contribution is 2.42. The van der Waals surface area contributed by atoms with Crippen LogP contribution < -0.4 is 15.1 Å². The van der Waals surface area contributed by atoms with Crippen LogP contribution in [0.25, 0.3) is 11.1 Å². The molecule has 1 saturated heterocycles. The zero-order chi connectivity index (χ0) is 23.5. The molecule has 3 aliphatic rings. The van der Waals surface area contributed by atoms with Gasteiger partial charge >= 0.3 is 6.09 Å². The van der Waals surface area contributed by atoms with E-state index in [1.54, 1.807) is 11.1 Å². The number of carbonyl (C=O) groups excluding carboxylic acids is 2. The SMILES string of the molecule is CC(=O)N1c2ccc(-c3cnn(C4CNC4C)c3)cc2N(C(=O)OC2CC(F)(F)C2)CC1C. The second-order valence-electron chi connectivity index (χ2n) is 9.30. The van der Waals surface area contributed by atoms with Crippen LogP contribution in [0.4, 0.5) is 25.0 Å². The van der Waals surface area contributed by atoms with E-state index in [9.17, 15) is 18.4 Å². The molecular weight excluding hydrogens is 432 g/mol. The standard InChI is InChI=1S/C23H27F2N5O3/c1-13-11-28(22(32)33-18-7-23(24,25)8-18)20-6-16(4-5-19(20)30(13)15(3)31)17-9-27-29(12-17)21-10-26-14(21)2/h4-6,9,12-14,18,21,26H,7-8,10-11H2,1-3H3. The lowest BCUT2D eigenvalue weighted by Gasteiger charge is -2.42. The van der Waals surface area contributed by atoms with Gasteiger partial charge < -0.3 is 15.0 Å². The fourth-order valence-electron chi connectivity index (χ4n) is 4.80. The molecule has 1 saturated carbocycles. The number of nitrogens with one attached hydrogen (secondary N) is 1. The van der Waals surface area contributed by atoms with Gasteiger partial charge in [-0.1, -0.05) is 6.07 Å². The van der Waals surface area contributed by atoms with Crippen molar-refractivity contribution in [3.05, 3.63) is 30.6 Å². The van der Waals surface area contributed by atoms with Crippen LogP contribution in [0.3, 0.4) is 0 Å². The Morgan fingerprint density at radius 3 is 2.55 bits per heavy atom. The van der Waals surface area contributed by atoms with Crippen LogP contribution in [0.15, 0.2) is 30.6 Å². The van der Waals surface area contributed by atoms with Crippen molar-refractivity contribution in [1.29, 1.82) is 0 Å². The monoisotopic (exact) mass is 459 g/mol. The van der Waals surface area contributed by atoms with Gasteiger partial charge in [0.25, 0.3) is 5.92 Å². The smallest absolute Gasteiger partial charge is 0.414 e. The van der Waals surface area contributed by atoms with Gasteiger partial charge in [-0.2, -0.15) is 5.10 Å². The normalized spacial score (nSPS) is 26.3. The van der Waals surface area contributed by atoms with Gasteiger partial charge in [-0.25, -0.2) is 13.6 Å². The predicted molar refractivity (Wildman–Crippen MR) is 119 cm³/mol. The van der Waals surface area contributed by atoms with Crippen LogP contribution in [0.2, 0.25) is 0 Å². The predicted octanol–water partition coefficient (Wildman–Crippen LogP) is 3.58. The van der Waals surface area contributed by atoms with Crippen LogP contribution >= 0.6 is 0 Å². The molecular formula is C23H27F2N5O3. The van der Waals surface area contributed by atoms with Crippen molar-refractivity contribution < 1.29 is 23.1 Å². The summed E-state index contributed by atoms with van der Waals surface area (Å²) in [5.74, 6) is -2.91. The summed E-state index contributed by atoms with van der Waals surface area (Å²) in [6.45, 7) is 6.50. The molecule has 1 aromatic heterocycles. The molecule has 1 N–H and O–H groups in total. The molecule has 3 heterocycles. The fraction of sp³-hybridized carbons (Fsp3) is 0.522. The lowest BCUT2D eigenvalue weighted by molar-refractivity contribution is -0.143. The van der Waals surface area contributed by atoms with Crippen LogP contribution in [0.1, 0.15) is 39.7 Å². The third-order valence-corrected chi connectivity index (χ3v) is 6.79. The van der Waals surface area contributed by atoms with Crippen molar-refractivity contribution in [3.8, 4) is 11.1 Å². The number of amides is 2. The summed E-state index contributed by atoms with van der Waals surface area (Å²) in [5.41, 5.74) is 2.83. The fourth-order valence-corrected chi connectivity index (χ4v) is 4.80. The van der Waals surface area contributed by atoms with Gasteiger partial charge in [0.15, 0.2) is 0 Å². The minimum Gasteiger partial charge on any atom is -0.445 e. The number of rotatable bonds is 3. The maximum atomic E-state index is 13.2. The summed E-state index contributed by atoms with van der Waals surface area (Å²) in [6, 6.07) is 5.88. The number of halogens is 2. The number of nitrogens with zero attached hydrogens (tertiary/aromatic N) is 4. The zero-order valence-corrected chi connectivity index (χ0v) is 18.8. The van der Waals surface area contributed by atoms with Crippen molar-refractivity contribution in [2.45, 2.75) is 63.8 Å². The Bertz CT molecular complexity index is 1100. The zero-order valence-electron chi connectivity index (χ0n) is 18.8. The van der Waals surface area contributed by atoms with Crippen molar-refractivity contribution in [1.82, 2.24) is 15.1 Å². The minimum atomic E-state index is -2.77. The molecule has 5 rings (SSSR count). The van der Waals surface area contributed by atoms with Crippen molar-refractivity contribution in [2.24, 2.45) is 0 Å². The number of hydrogen-bond donors (Lipinski definition) is 1. The average Bonchev–Trinajstić information content (AvgIpc) is 3.19. The molecule has 3 unspecified atom stereocenters. The van der Waals surface area contributed by atoms with E-state index >= 15 is 0 Å². The number of fused-ring (bicyclic) bond motifs is 1. The van der Waals surface area contributed by atoms with Gasteiger partial charge in [-0.3, -0.25) is 14.4 Å². The van der Waals surface area contributed by atoms with E-state index in [0.29, 0.717) is 17.4 Å². The second-order valence-corrected chi connectivity index (χ2v) is 9.30. The molecule has 176 valence electrons. The van der Waals surface area contributed by atoms with Gasteiger partial charge in [-0.15, -0.1) is 0 Å². The van der Waals surface area contributed by atoms with Gasteiger partial charge in [0, 0.05) is 50.7 Å². The molecule has 8 nitrogen and oxygen atoms in total. The first-order valence-electron chi connectivity index (χ1n) is 11.2. The maximum absolute atomic E-state index is 13.2. The molecule has 0 spiro atoms. The average molecular weight is 459 g/mol. The van der Waals surface area contributed by atoms with Gasteiger partial charge in [0.05, 0.1) is 29.7 Å². The molecule has 33 heavy (non-hydrogen) atoms. The number of anilines is 2. The third-order valence-electron chi connectivity index (χ3n) is 6.79. The van der Waals surface area contributed by atoms with Gasteiger partial charge in [0.1, 0.15) is 6.10 Å². The van der Waals surface area contributed by atoms with Gasteiger partial charge in [-0.05, 0) is 31.5 Å². The number of alkyl halides is 2. The van der Waals surface area contributed by atoms with E-state index in [1.165, 1.54) is 11.8 Å². The van der Waals surface area contributed by atoms with E-state index in [2.05, 4.69) is 17.3 Å². The van der Waals surface area contributed by atoms with Crippen LogP contribution in [-0.4, -0.2) is 59.0 Å². The highest BCUT2D eigenvalue weighted by molar-refractivity contribution is 6.03. The number of benzene rings is 1. The Labute approximate surface area is 190 Å². The first kappa shape index (κ1) is 21.8. The molecule has 2 amide bonds. The molecule has 0 bridgehead atoms. The number of ether oxygens (including phenoxy) is 1. The van der Waals surface area contributed by atoms with Crippen molar-refractivity contribution in [3.63, 3.8) is 0 Å². The molecule has 1 aromatic carbocycles. The summed E-state index contributed by atoms with van der Waals surface area (Å²) in [5, 5.41) is 7.81. The Balaban J connectivity index is 1.46. The van der Waals surface area contributed by atoms with Crippen molar-refractivity contribution in [2.75, 3.05) is 22.9 Å². The highest BCUT2D eigenvalue weighted by atomic mass is 19.3. The summed E-state index contributed by atoms with van der Waals surface area (Å²) < 4.78 is 33.7. The largest absolute Gasteiger partial charge is 0.445 e. The van der Waals surface area contributed by atoms with Gasteiger partial charge in [0.2, 0.25) is 5.91 Å². The number of aromatic nitrogens is 2. The molecule has 10 heteroatoms. The summed E-state index contributed by atoms with van der Waals surface area (Å²) in [6.07, 6.45) is 1.37. The van der Waals surface area contributed by atoms with Crippen LogP contribution in [0.5, 0.6) is 0 Å². The third kappa shape index (κ3) is 3.86.